The van der Waals surface area contributed by atoms with Crippen LogP contribution in [0.3, 0.4) is 0 Å². The lowest BCUT2D eigenvalue weighted by Crippen LogP contribution is -2.45. The topological polar surface area (TPSA) is 36.0 Å². The quantitative estimate of drug-likeness (QED) is 0.799. The smallest absolute Gasteiger partial charge is 0.237 e. The van der Waals surface area contributed by atoms with Gasteiger partial charge >= 0.3 is 0 Å². The van der Waals surface area contributed by atoms with E-state index < -0.39 is 0 Å². The Bertz CT molecular complexity index is 854. The number of hydrogen-bond donors (Lipinski definition) is 0. The van der Waals surface area contributed by atoms with Crippen molar-refractivity contribution >= 4 is 11.6 Å². The van der Waals surface area contributed by atoms with Crippen molar-refractivity contribution in [2.45, 2.75) is 32.4 Å². The Morgan fingerprint density at radius 2 is 1.76 bits per heavy atom. The largest absolute Gasteiger partial charge is 0.495 e. The molecule has 29 heavy (non-hydrogen) atoms. The lowest BCUT2D eigenvalue weighted by Gasteiger charge is -2.32. The fourth-order valence-electron chi connectivity index (χ4n) is 4.46. The number of ether oxygens (including phenoxy) is 1. The predicted molar refractivity (Wildman–Crippen MR) is 116 cm³/mol. The molecule has 2 aliphatic rings. The van der Waals surface area contributed by atoms with E-state index in [1.807, 2.05) is 17.0 Å². The number of para-hydroxylation sites is 2. The van der Waals surface area contributed by atoms with E-state index in [9.17, 15) is 4.79 Å². The Kier molecular flexibility index (Phi) is 6.05. The number of carbonyl (C=O) groups excluding carboxylic acids is 1. The molecule has 1 amide bonds. The van der Waals surface area contributed by atoms with E-state index in [1.165, 1.54) is 11.1 Å². The van der Waals surface area contributed by atoms with Crippen LogP contribution in [0.15, 0.2) is 48.5 Å². The Labute approximate surface area is 173 Å². The Morgan fingerprint density at radius 1 is 1.00 bits per heavy atom. The molecule has 5 nitrogen and oxygen atoms in total. The fraction of sp³-hybridized carbons (Fsp3) is 0.458. The van der Waals surface area contributed by atoms with Gasteiger partial charge < -0.3 is 14.5 Å². The molecular weight excluding hydrogens is 362 g/mol. The molecule has 0 spiro atoms. The molecule has 1 fully saturated rings. The number of rotatable bonds is 4. The number of fused-ring (bicyclic) bond motifs is 1. The van der Waals surface area contributed by atoms with Crippen molar-refractivity contribution in [2.24, 2.45) is 0 Å². The molecule has 0 saturated carbocycles. The lowest BCUT2D eigenvalue weighted by molar-refractivity contribution is -0.133. The van der Waals surface area contributed by atoms with E-state index >= 15 is 0 Å². The van der Waals surface area contributed by atoms with Gasteiger partial charge in [-0.3, -0.25) is 9.69 Å². The fourth-order valence-corrected chi connectivity index (χ4v) is 4.46. The molecular formula is C24H31N3O2. The minimum absolute atomic E-state index is 0.247. The van der Waals surface area contributed by atoms with Crippen LogP contribution in [0, 0.1) is 0 Å². The van der Waals surface area contributed by atoms with Crippen molar-refractivity contribution in [2.75, 3.05) is 44.7 Å². The summed E-state index contributed by atoms with van der Waals surface area (Å²) in [7, 11) is 1.72. The third-order valence-electron chi connectivity index (χ3n) is 6.34. The van der Waals surface area contributed by atoms with E-state index in [-0.39, 0.29) is 5.91 Å². The standard InChI is InChI=1S/C24H31N3O2/c1-19-11-13-25(22-9-5-6-10-23(22)29-2)15-16-26(19)18-24(28)27-14-12-20-7-3-4-8-21(20)17-27/h3-10,19H,11-18H2,1-2H3/t19-/m1/s1. The van der Waals surface area contributed by atoms with Crippen LogP contribution >= 0.6 is 0 Å². The summed E-state index contributed by atoms with van der Waals surface area (Å²) < 4.78 is 5.55. The number of methoxy groups -OCH3 is 1. The summed E-state index contributed by atoms with van der Waals surface area (Å²) in [6.45, 7) is 7.07. The molecule has 2 aromatic carbocycles. The van der Waals surface area contributed by atoms with Crippen LogP contribution in [0.2, 0.25) is 0 Å². The van der Waals surface area contributed by atoms with E-state index in [1.54, 1.807) is 7.11 Å². The normalized spacial score (nSPS) is 20.1. The van der Waals surface area contributed by atoms with Gasteiger partial charge in [0.2, 0.25) is 5.91 Å². The van der Waals surface area contributed by atoms with Crippen molar-refractivity contribution in [1.29, 1.82) is 0 Å². The first-order valence-electron chi connectivity index (χ1n) is 10.6. The highest BCUT2D eigenvalue weighted by atomic mass is 16.5. The summed E-state index contributed by atoms with van der Waals surface area (Å²) in [5, 5.41) is 0. The number of nitrogens with zero attached hydrogens (tertiary/aromatic N) is 3. The van der Waals surface area contributed by atoms with Gasteiger partial charge in [-0.2, -0.15) is 0 Å². The molecule has 1 saturated heterocycles. The lowest BCUT2D eigenvalue weighted by atomic mass is 10.00. The van der Waals surface area contributed by atoms with Gasteiger partial charge in [-0.15, -0.1) is 0 Å². The summed E-state index contributed by atoms with van der Waals surface area (Å²) in [5.74, 6) is 1.16. The minimum atomic E-state index is 0.247. The summed E-state index contributed by atoms with van der Waals surface area (Å²) >= 11 is 0. The first-order chi connectivity index (χ1) is 14.2. The van der Waals surface area contributed by atoms with E-state index in [4.69, 9.17) is 4.74 Å². The average molecular weight is 394 g/mol. The zero-order valence-electron chi connectivity index (χ0n) is 17.5. The van der Waals surface area contributed by atoms with E-state index in [0.717, 1.165) is 57.0 Å². The highest BCUT2D eigenvalue weighted by Crippen LogP contribution is 2.29. The molecule has 0 unspecified atom stereocenters. The van der Waals surface area contributed by atoms with Crippen LogP contribution in [-0.2, 0) is 17.8 Å². The zero-order valence-corrected chi connectivity index (χ0v) is 17.5. The second-order valence-electron chi connectivity index (χ2n) is 8.10. The van der Waals surface area contributed by atoms with Crippen molar-refractivity contribution in [3.05, 3.63) is 59.7 Å². The number of carbonyl (C=O) groups is 1. The van der Waals surface area contributed by atoms with Crippen molar-refractivity contribution < 1.29 is 9.53 Å². The molecule has 2 aliphatic heterocycles. The number of anilines is 1. The SMILES string of the molecule is COc1ccccc1N1CC[C@@H](C)N(CC(=O)N2CCc3ccccc3C2)CC1. The maximum absolute atomic E-state index is 13.0. The highest BCUT2D eigenvalue weighted by molar-refractivity contribution is 5.78. The Hall–Kier alpha value is -2.53. The maximum atomic E-state index is 13.0. The molecule has 154 valence electrons. The van der Waals surface area contributed by atoms with E-state index in [0.29, 0.717) is 12.6 Å². The molecule has 5 heteroatoms. The average Bonchev–Trinajstić information content (AvgIpc) is 2.95. The summed E-state index contributed by atoms with van der Waals surface area (Å²) in [4.78, 5) is 19.8. The highest BCUT2D eigenvalue weighted by Gasteiger charge is 2.27. The summed E-state index contributed by atoms with van der Waals surface area (Å²) in [6.07, 6.45) is 1.99. The maximum Gasteiger partial charge on any atom is 0.237 e. The van der Waals surface area contributed by atoms with Gasteiger partial charge in [0.15, 0.2) is 0 Å². The molecule has 0 aromatic heterocycles. The van der Waals surface area contributed by atoms with Crippen LogP contribution < -0.4 is 9.64 Å². The summed E-state index contributed by atoms with van der Waals surface area (Å²) in [5.41, 5.74) is 3.81. The number of benzene rings is 2. The van der Waals surface area contributed by atoms with Gasteiger partial charge in [-0.25, -0.2) is 0 Å². The van der Waals surface area contributed by atoms with Crippen LogP contribution in [0.1, 0.15) is 24.5 Å². The van der Waals surface area contributed by atoms with Crippen LogP contribution in [0.4, 0.5) is 5.69 Å². The van der Waals surface area contributed by atoms with Crippen LogP contribution in [-0.4, -0.2) is 61.6 Å². The third-order valence-corrected chi connectivity index (χ3v) is 6.34. The molecule has 2 heterocycles. The molecule has 4 rings (SSSR count). The molecule has 0 radical (unpaired) electrons. The van der Waals surface area contributed by atoms with Gasteiger partial charge in [-0.1, -0.05) is 36.4 Å². The molecule has 0 bridgehead atoms. The van der Waals surface area contributed by atoms with Crippen LogP contribution in [0.25, 0.3) is 0 Å². The van der Waals surface area contributed by atoms with Gasteiger partial charge in [0.1, 0.15) is 5.75 Å². The first kappa shape index (κ1) is 19.8. The second kappa shape index (κ2) is 8.87. The van der Waals surface area contributed by atoms with Crippen molar-refractivity contribution in [1.82, 2.24) is 9.80 Å². The van der Waals surface area contributed by atoms with Crippen molar-refractivity contribution in [3.63, 3.8) is 0 Å². The van der Waals surface area contributed by atoms with Gasteiger partial charge in [-0.05, 0) is 43.0 Å². The Balaban J connectivity index is 1.39. The van der Waals surface area contributed by atoms with Gasteiger partial charge in [0, 0.05) is 38.8 Å². The van der Waals surface area contributed by atoms with Crippen molar-refractivity contribution in [3.8, 4) is 5.75 Å². The molecule has 2 aromatic rings. The van der Waals surface area contributed by atoms with Gasteiger partial charge in [0.25, 0.3) is 0 Å². The molecule has 0 aliphatic carbocycles. The monoisotopic (exact) mass is 393 g/mol. The van der Waals surface area contributed by atoms with E-state index in [2.05, 4.69) is 53.1 Å². The third kappa shape index (κ3) is 4.40. The molecule has 0 N–H and O–H groups in total. The van der Waals surface area contributed by atoms with Crippen LogP contribution in [0.5, 0.6) is 5.75 Å². The zero-order chi connectivity index (χ0) is 20.2. The number of hydrogen-bond acceptors (Lipinski definition) is 4. The first-order valence-corrected chi connectivity index (χ1v) is 10.6. The second-order valence-corrected chi connectivity index (χ2v) is 8.10. The molecule has 1 atom stereocenters. The van der Waals surface area contributed by atoms with Gasteiger partial charge in [0.05, 0.1) is 19.3 Å². The Morgan fingerprint density at radius 3 is 2.59 bits per heavy atom. The number of amides is 1. The summed E-state index contributed by atoms with van der Waals surface area (Å²) in [6, 6.07) is 17.1. The minimum Gasteiger partial charge on any atom is -0.495 e. The predicted octanol–water partition coefficient (Wildman–Crippen LogP) is 3.18.